The second-order valence-electron chi connectivity index (χ2n) is 14.5. The Hall–Kier alpha value is -1.14. The van der Waals surface area contributed by atoms with Crippen LogP contribution >= 0.6 is 0 Å². The SMILES string of the molecule is CCCCCCCCC(CC)OC(=O)CCCN(CCO)CCCCCCCC(=O)OC(CCCCCCCC)CCCCCCCC. The van der Waals surface area contributed by atoms with Gasteiger partial charge in [0, 0.05) is 19.4 Å². The number of ether oxygens (including phenoxy) is 2. The first kappa shape index (κ1) is 46.9. The van der Waals surface area contributed by atoms with E-state index < -0.39 is 0 Å². The van der Waals surface area contributed by atoms with Crippen LogP contribution in [-0.4, -0.2) is 60.4 Å². The summed E-state index contributed by atoms with van der Waals surface area (Å²) in [5.74, 6) is -0.0799. The van der Waals surface area contributed by atoms with Crippen LogP contribution in [0.4, 0.5) is 0 Å². The third-order valence-electron chi connectivity index (χ3n) is 9.82. The molecular weight excluding hydrogens is 598 g/mol. The van der Waals surface area contributed by atoms with Crippen LogP contribution in [0.3, 0.4) is 0 Å². The van der Waals surface area contributed by atoms with Crippen molar-refractivity contribution in [3.05, 3.63) is 0 Å². The molecule has 0 bridgehead atoms. The molecule has 0 aliphatic carbocycles. The maximum atomic E-state index is 12.7. The van der Waals surface area contributed by atoms with Crippen LogP contribution in [0.25, 0.3) is 0 Å². The van der Waals surface area contributed by atoms with E-state index in [2.05, 4.69) is 32.6 Å². The summed E-state index contributed by atoms with van der Waals surface area (Å²) in [6, 6.07) is 0. The van der Waals surface area contributed by atoms with Crippen molar-refractivity contribution in [3.8, 4) is 0 Å². The lowest BCUT2D eigenvalue weighted by molar-refractivity contribution is -0.150. The number of hydrogen-bond donors (Lipinski definition) is 1. The van der Waals surface area contributed by atoms with Gasteiger partial charge in [-0.3, -0.25) is 9.59 Å². The van der Waals surface area contributed by atoms with Crippen molar-refractivity contribution in [1.29, 1.82) is 0 Å². The monoisotopic (exact) mass is 682 g/mol. The molecule has 0 fully saturated rings. The summed E-state index contributed by atoms with van der Waals surface area (Å²) >= 11 is 0. The Kier molecular flexibility index (Phi) is 36.2. The summed E-state index contributed by atoms with van der Waals surface area (Å²) in [6.45, 7) is 11.4. The van der Waals surface area contributed by atoms with E-state index in [1.165, 1.54) is 109 Å². The number of aliphatic hydroxyl groups is 1. The average molecular weight is 682 g/mol. The lowest BCUT2D eigenvalue weighted by atomic mass is 10.0. The number of carbonyl (C=O) groups is 2. The minimum absolute atomic E-state index is 0.00252. The van der Waals surface area contributed by atoms with Crippen LogP contribution in [0.15, 0.2) is 0 Å². The van der Waals surface area contributed by atoms with Crippen LogP contribution < -0.4 is 0 Å². The van der Waals surface area contributed by atoms with Crippen molar-refractivity contribution >= 4 is 11.9 Å². The minimum Gasteiger partial charge on any atom is -0.462 e. The van der Waals surface area contributed by atoms with Gasteiger partial charge in [0.1, 0.15) is 12.2 Å². The van der Waals surface area contributed by atoms with E-state index >= 15 is 0 Å². The zero-order valence-electron chi connectivity index (χ0n) is 32.7. The van der Waals surface area contributed by atoms with Gasteiger partial charge < -0.3 is 19.5 Å². The van der Waals surface area contributed by atoms with Gasteiger partial charge in [-0.1, -0.05) is 143 Å². The van der Waals surface area contributed by atoms with E-state index in [0.717, 1.165) is 83.7 Å². The van der Waals surface area contributed by atoms with Gasteiger partial charge in [-0.05, 0) is 77.3 Å². The number of esters is 2. The van der Waals surface area contributed by atoms with Gasteiger partial charge >= 0.3 is 11.9 Å². The van der Waals surface area contributed by atoms with Crippen molar-refractivity contribution in [2.45, 2.75) is 233 Å². The lowest BCUT2D eigenvalue weighted by Gasteiger charge is -2.21. The maximum absolute atomic E-state index is 12.7. The predicted octanol–water partition coefficient (Wildman–Crippen LogP) is 11.9. The number of carbonyl (C=O) groups excluding carboxylic acids is 2. The molecule has 0 amide bonds. The highest BCUT2D eigenvalue weighted by Gasteiger charge is 2.15. The maximum Gasteiger partial charge on any atom is 0.306 e. The molecule has 1 N–H and O–H groups in total. The van der Waals surface area contributed by atoms with E-state index in [9.17, 15) is 14.7 Å². The smallest absolute Gasteiger partial charge is 0.306 e. The first-order chi connectivity index (χ1) is 23.5. The fraction of sp³-hybridized carbons (Fsp3) is 0.952. The van der Waals surface area contributed by atoms with E-state index in [1.54, 1.807) is 0 Å². The lowest BCUT2D eigenvalue weighted by Crippen LogP contribution is -2.29. The summed E-state index contributed by atoms with van der Waals surface area (Å²) in [7, 11) is 0. The number of hydrogen-bond acceptors (Lipinski definition) is 6. The van der Waals surface area contributed by atoms with Crippen LogP contribution in [0.2, 0.25) is 0 Å². The van der Waals surface area contributed by atoms with Gasteiger partial charge in [-0.25, -0.2) is 0 Å². The number of unbranched alkanes of at least 4 members (excludes halogenated alkanes) is 19. The van der Waals surface area contributed by atoms with Crippen LogP contribution in [0.5, 0.6) is 0 Å². The van der Waals surface area contributed by atoms with Crippen LogP contribution in [-0.2, 0) is 19.1 Å². The summed E-state index contributed by atoms with van der Waals surface area (Å²) in [6.07, 6.45) is 34.0. The van der Waals surface area contributed by atoms with Crippen LogP contribution in [0.1, 0.15) is 220 Å². The standard InChI is InChI=1S/C42H83NO5/c1-5-9-12-15-19-24-30-39(8-4)47-42(46)34-29-36-43(37-38-44)35-28-23-18-22-27-33-41(45)48-40(31-25-20-16-13-10-6-2)32-26-21-17-14-11-7-3/h39-40,44H,5-38H2,1-4H3. The second kappa shape index (κ2) is 37.1. The molecule has 0 spiro atoms. The highest BCUT2D eigenvalue weighted by atomic mass is 16.5. The Labute approximate surface area is 299 Å². The molecule has 0 radical (unpaired) electrons. The molecule has 0 saturated heterocycles. The molecule has 6 heteroatoms. The Morgan fingerprint density at radius 2 is 0.833 bits per heavy atom. The summed E-state index contributed by atoms with van der Waals surface area (Å²) < 4.78 is 11.8. The molecule has 48 heavy (non-hydrogen) atoms. The number of rotatable bonds is 38. The molecule has 0 aliphatic heterocycles. The molecule has 0 saturated carbocycles. The molecule has 0 heterocycles. The first-order valence-electron chi connectivity index (χ1n) is 21.2. The van der Waals surface area contributed by atoms with E-state index in [0.29, 0.717) is 19.4 Å². The van der Waals surface area contributed by atoms with Gasteiger partial charge in [-0.15, -0.1) is 0 Å². The molecule has 0 aromatic rings. The highest BCUT2D eigenvalue weighted by molar-refractivity contribution is 5.69. The fourth-order valence-electron chi connectivity index (χ4n) is 6.61. The molecule has 6 nitrogen and oxygen atoms in total. The zero-order valence-corrected chi connectivity index (χ0v) is 32.7. The Morgan fingerprint density at radius 3 is 1.31 bits per heavy atom. The van der Waals surface area contributed by atoms with Crippen molar-refractivity contribution in [2.75, 3.05) is 26.2 Å². The van der Waals surface area contributed by atoms with Gasteiger partial charge in [0.05, 0.1) is 6.61 Å². The summed E-state index contributed by atoms with van der Waals surface area (Å²) in [5, 5.41) is 9.54. The largest absolute Gasteiger partial charge is 0.462 e. The quantitative estimate of drug-likeness (QED) is 0.0516. The third kappa shape index (κ3) is 32.1. The summed E-state index contributed by atoms with van der Waals surface area (Å²) in [4.78, 5) is 27.4. The molecule has 0 rings (SSSR count). The molecule has 0 aliphatic rings. The molecule has 0 aromatic carbocycles. The third-order valence-corrected chi connectivity index (χ3v) is 9.82. The minimum atomic E-state index is -0.0774. The Bertz CT molecular complexity index is 671. The molecular formula is C42H83NO5. The van der Waals surface area contributed by atoms with E-state index in [-0.39, 0.29) is 30.8 Å². The van der Waals surface area contributed by atoms with Gasteiger partial charge in [0.15, 0.2) is 0 Å². The molecule has 1 atom stereocenters. The van der Waals surface area contributed by atoms with Crippen molar-refractivity contribution in [3.63, 3.8) is 0 Å². The number of aliphatic hydroxyl groups excluding tert-OH is 1. The van der Waals surface area contributed by atoms with Crippen LogP contribution in [0, 0.1) is 0 Å². The van der Waals surface area contributed by atoms with Gasteiger partial charge in [0.2, 0.25) is 0 Å². The molecule has 1 unspecified atom stereocenters. The Balaban J connectivity index is 4.17. The van der Waals surface area contributed by atoms with E-state index in [1.807, 2.05) is 0 Å². The summed E-state index contributed by atoms with van der Waals surface area (Å²) in [5.41, 5.74) is 0. The molecule has 286 valence electrons. The Morgan fingerprint density at radius 1 is 0.458 bits per heavy atom. The average Bonchev–Trinajstić information content (AvgIpc) is 3.08. The normalized spacial score (nSPS) is 12.2. The topological polar surface area (TPSA) is 76.1 Å². The van der Waals surface area contributed by atoms with E-state index in [4.69, 9.17) is 9.47 Å². The first-order valence-corrected chi connectivity index (χ1v) is 21.2. The van der Waals surface area contributed by atoms with Crippen molar-refractivity contribution in [2.24, 2.45) is 0 Å². The van der Waals surface area contributed by atoms with Gasteiger partial charge in [0.25, 0.3) is 0 Å². The predicted molar refractivity (Wildman–Crippen MR) is 204 cm³/mol. The second-order valence-corrected chi connectivity index (χ2v) is 14.5. The highest BCUT2D eigenvalue weighted by Crippen LogP contribution is 2.19. The van der Waals surface area contributed by atoms with Gasteiger partial charge in [-0.2, -0.15) is 0 Å². The number of nitrogens with zero attached hydrogens (tertiary/aromatic N) is 1. The zero-order chi connectivity index (χ0) is 35.3. The fourth-order valence-corrected chi connectivity index (χ4v) is 6.61. The van der Waals surface area contributed by atoms with Crippen molar-refractivity contribution < 1.29 is 24.2 Å². The van der Waals surface area contributed by atoms with Crippen molar-refractivity contribution in [1.82, 2.24) is 4.90 Å². The molecule has 0 aromatic heterocycles.